The summed E-state index contributed by atoms with van der Waals surface area (Å²) in [6.45, 7) is 2.67. The van der Waals surface area contributed by atoms with Crippen molar-refractivity contribution in [2.75, 3.05) is 11.9 Å². The second-order valence-electron chi connectivity index (χ2n) is 5.79. The lowest BCUT2D eigenvalue weighted by atomic mass is 10.1. The molecule has 0 heterocycles. The van der Waals surface area contributed by atoms with Gasteiger partial charge in [0.05, 0.1) is 11.6 Å². The smallest absolute Gasteiger partial charge is 0.338 e. The highest BCUT2D eigenvalue weighted by Crippen LogP contribution is 2.26. The number of carbonyl (C=O) groups excluding carboxylic acids is 3. The molecule has 142 valence electrons. The highest BCUT2D eigenvalue weighted by atomic mass is 35.5. The van der Waals surface area contributed by atoms with Crippen molar-refractivity contribution < 1.29 is 19.1 Å². The Morgan fingerprint density at radius 2 is 1.85 bits per heavy atom. The van der Waals surface area contributed by atoms with Crippen LogP contribution in [0.25, 0.3) is 0 Å². The number of halogens is 2. The number of nitrogens with one attached hydrogen (secondary N) is 2. The average molecular weight is 409 g/mol. The van der Waals surface area contributed by atoms with Crippen LogP contribution in [0.1, 0.15) is 35.8 Å². The van der Waals surface area contributed by atoms with Crippen molar-refractivity contribution in [1.29, 1.82) is 0 Å². The van der Waals surface area contributed by atoms with Gasteiger partial charge in [0.1, 0.15) is 0 Å². The van der Waals surface area contributed by atoms with Crippen molar-refractivity contribution in [2.45, 2.75) is 19.9 Å². The van der Waals surface area contributed by atoms with E-state index in [4.69, 9.17) is 27.9 Å². The predicted molar refractivity (Wildman–Crippen MR) is 104 cm³/mol. The number of hydrogen-bond acceptors (Lipinski definition) is 4. The van der Waals surface area contributed by atoms with Crippen LogP contribution in [0.4, 0.5) is 5.69 Å². The van der Waals surface area contributed by atoms with Crippen molar-refractivity contribution in [3.8, 4) is 0 Å². The molecule has 0 aliphatic rings. The Hall–Kier alpha value is -2.57. The van der Waals surface area contributed by atoms with E-state index in [0.29, 0.717) is 21.3 Å². The standard InChI is InChI=1S/C19H18Cl2N2O4/c1-11(16-7-6-14(20)9-17(16)21)22-18(25)10-27-19(26)13-4-3-5-15(8-13)23-12(2)24/h3-9,11H,10H2,1-2H3,(H,22,25)(H,23,24). The van der Waals surface area contributed by atoms with Crippen molar-refractivity contribution in [1.82, 2.24) is 5.32 Å². The van der Waals surface area contributed by atoms with Gasteiger partial charge in [-0.2, -0.15) is 0 Å². The molecule has 2 N–H and O–H groups in total. The van der Waals surface area contributed by atoms with Crippen molar-refractivity contribution in [3.63, 3.8) is 0 Å². The first-order chi connectivity index (χ1) is 12.8. The Balaban J connectivity index is 1.91. The monoisotopic (exact) mass is 408 g/mol. The topological polar surface area (TPSA) is 84.5 Å². The SMILES string of the molecule is CC(=O)Nc1cccc(C(=O)OCC(=O)NC(C)c2ccc(Cl)cc2Cl)c1. The first-order valence-electron chi connectivity index (χ1n) is 8.05. The van der Waals surface area contributed by atoms with Gasteiger partial charge in [0.15, 0.2) is 6.61 Å². The summed E-state index contributed by atoms with van der Waals surface area (Å²) in [4.78, 5) is 35.2. The molecule has 0 saturated carbocycles. The summed E-state index contributed by atoms with van der Waals surface area (Å²) >= 11 is 12.0. The second kappa shape index (κ2) is 9.39. The van der Waals surface area contributed by atoms with E-state index in [1.807, 2.05) is 0 Å². The fraction of sp³-hybridized carbons (Fsp3) is 0.211. The van der Waals surface area contributed by atoms with Gasteiger partial charge in [0.2, 0.25) is 5.91 Å². The Kier molecular flexibility index (Phi) is 7.21. The first kappa shape index (κ1) is 20.7. The lowest BCUT2D eigenvalue weighted by Gasteiger charge is -2.16. The summed E-state index contributed by atoms with van der Waals surface area (Å²) in [5, 5.41) is 6.20. The van der Waals surface area contributed by atoms with Crippen LogP contribution in [0.3, 0.4) is 0 Å². The molecule has 0 radical (unpaired) electrons. The van der Waals surface area contributed by atoms with Crippen LogP contribution in [0.5, 0.6) is 0 Å². The normalized spacial score (nSPS) is 11.4. The predicted octanol–water partition coefficient (Wildman–Crippen LogP) is 3.99. The molecule has 1 unspecified atom stereocenters. The minimum absolute atomic E-state index is 0.225. The number of hydrogen-bond donors (Lipinski definition) is 2. The van der Waals surface area contributed by atoms with Gasteiger partial charge >= 0.3 is 5.97 Å². The number of amides is 2. The van der Waals surface area contributed by atoms with Gasteiger partial charge in [-0.25, -0.2) is 4.79 Å². The third-order valence-corrected chi connectivity index (χ3v) is 4.12. The van der Waals surface area contributed by atoms with Gasteiger partial charge in [-0.3, -0.25) is 9.59 Å². The molecule has 0 fully saturated rings. The van der Waals surface area contributed by atoms with Crippen LogP contribution in [-0.4, -0.2) is 24.4 Å². The second-order valence-corrected chi connectivity index (χ2v) is 6.64. The number of benzene rings is 2. The molecule has 0 aromatic heterocycles. The Bertz CT molecular complexity index is 871. The molecule has 27 heavy (non-hydrogen) atoms. The Morgan fingerprint density at radius 3 is 2.52 bits per heavy atom. The van der Waals surface area contributed by atoms with Crippen molar-refractivity contribution in [2.24, 2.45) is 0 Å². The maximum Gasteiger partial charge on any atom is 0.338 e. The fourth-order valence-electron chi connectivity index (χ4n) is 2.36. The Labute approximate surface area is 166 Å². The molecule has 0 aliphatic carbocycles. The van der Waals surface area contributed by atoms with Crippen LogP contribution >= 0.6 is 23.2 Å². The lowest BCUT2D eigenvalue weighted by molar-refractivity contribution is -0.124. The van der Waals surface area contributed by atoms with E-state index in [0.717, 1.165) is 0 Å². The zero-order valence-electron chi connectivity index (χ0n) is 14.7. The molecule has 2 amide bonds. The summed E-state index contributed by atoms with van der Waals surface area (Å²) in [5.41, 5.74) is 1.39. The molecule has 0 bridgehead atoms. The van der Waals surface area contributed by atoms with Crippen LogP contribution in [0.15, 0.2) is 42.5 Å². The largest absolute Gasteiger partial charge is 0.452 e. The molecule has 0 spiro atoms. The molecule has 0 saturated heterocycles. The molecule has 8 heteroatoms. The number of rotatable bonds is 6. The first-order valence-corrected chi connectivity index (χ1v) is 8.81. The third-order valence-electron chi connectivity index (χ3n) is 3.56. The molecule has 2 aromatic rings. The van der Waals surface area contributed by atoms with Gasteiger partial charge in [-0.05, 0) is 42.8 Å². The minimum atomic E-state index is -0.672. The van der Waals surface area contributed by atoms with E-state index in [-0.39, 0.29) is 17.5 Å². The lowest BCUT2D eigenvalue weighted by Crippen LogP contribution is -2.31. The van der Waals surface area contributed by atoms with Gasteiger partial charge < -0.3 is 15.4 Å². The average Bonchev–Trinajstić information content (AvgIpc) is 2.59. The maximum atomic E-state index is 12.1. The van der Waals surface area contributed by atoms with Gasteiger partial charge in [-0.1, -0.05) is 35.3 Å². The molecule has 0 aliphatic heterocycles. The van der Waals surface area contributed by atoms with E-state index in [2.05, 4.69) is 10.6 Å². The summed E-state index contributed by atoms with van der Waals surface area (Å²) in [6.07, 6.45) is 0. The van der Waals surface area contributed by atoms with E-state index >= 15 is 0 Å². The fourth-order valence-corrected chi connectivity index (χ4v) is 2.93. The summed E-state index contributed by atoms with van der Waals surface area (Å²) in [5.74, 6) is -1.40. The van der Waals surface area contributed by atoms with Gasteiger partial charge in [0.25, 0.3) is 5.91 Å². The summed E-state index contributed by atoms with van der Waals surface area (Å²) in [6, 6.07) is 10.8. The number of ether oxygens (including phenoxy) is 1. The van der Waals surface area contributed by atoms with Crippen molar-refractivity contribution >= 4 is 46.7 Å². The van der Waals surface area contributed by atoms with E-state index in [1.54, 1.807) is 37.3 Å². The molecular formula is C19H18Cl2N2O4. The molecule has 2 rings (SSSR count). The quantitative estimate of drug-likeness (QED) is 0.707. The number of esters is 1. The molecule has 6 nitrogen and oxygen atoms in total. The molecule has 1 atom stereocenters. The number of anilines is 1. The van der Waals surface area contributed by atoms with Crippen LogP contribution in [0.2, 0.25) is 10.0 Å². The third kappa shape index (κ3) is 6.27. The zero-order valence-corrected chi connectivity index (χ0v) is 16.2. The highest BCUT2D eigenvalue weighted by molar-refractivity contribution is 6.35. The highest BCUT2D eigenvalue weighted by Gasteiger charge is 2.15. The van der Waals surface area contributed by atoms with E-state index < -0.39 is 18.5 Å². The molecule has 2 aromatic carbocycles. The van der Waals surface area contributed by atoms with Gasteiger partial charge in [-0.15, -0.1) is 0 Å². The maximum absolute atomic E-state index is 12.1. The van der Waals surface area contributed by atoms with Gasteiger partial charge in [0, 0.05) is 22.7 Å². The Morgan fingerprint density at radius 1 is 1.11 bits per heavy atom. The van der Waals surface area contributed by atoms with Crippen LogP contribution < -0.4 is 10.6 Å². The van der Waals surface area contributed by atoms with Crippen molar-refractivity contribution in [3.05, 3.63) is 63.6 Å². The zero-order chi connectivity index (χ0) is 20.0. The van der Waals surface area contributed by atoms with E-state index in [1.165, 1.54) is 19.1 Å². The van der Waals surface area contributed by atoms with Crippen LogP contribution in [0, 0.1) is 0 Å². The summed E-state index contributed by atoms with van der Waals surface area (Å²) < 4.78 is 5.02. The minimum Gasteiger partial charge on any atom is -0.452 e. The molecular weight excluding hydrogens is 391 g/mol. The van der Waals surface area contributed by atoms with E-state index in [9.17, 15) is 14.4 Å². The number of carbonyl (C=O) groups is 3. The summed E-state index contributed by atoms with van der Waals surface area (Å²) in [7, 11) is 0. The van der Waals surface area contributed by atoms with Crippen LogP contribution in [-0.2, 0) is 14.3 Å².